The minimum atomic E-state index is -4.91. The number of rotatable bonds is 5. The molecule has 0 amide bonds. The molecule has 1 saturated heterocycles. The fourth-order valence-electron chi connectivity index (χ4n) is 2.13. The highest BCUT2D eigenvalue weighted by molar-refractivity contribution is 7.46. The summed E-state index contributed by atoms with van der Waals surface area (Å²) in [6, 6.07) is 1.45. The Kier molecular flexibility index (Phi) is 4.97. The first kappa shape index (κ1) is 17.0. The maximum absolute atomic E-state index is 11.9. The number of hydrogen-bond donors (Lipinski definition) is 5. The zero-order valence-electron chi connectivity index (χ0n) is 11.4. The van der Waals surface area contributed by atoms with Gasteiger partial charge < -0.3 is 30.1 Å². The van der Waals surface area contributed by atoms with Crippen LogP contribution in [-0.4, -0.2) is 61.5 Å². The Morgan fingerprint density at radius 2 is 2.23 bits per heavy atom. The van der Waals surface area contributed by atoms with Gasteiger partial charge in [0.1, 0.15) is 24.1 Å². The minimum absolute atomic E-state index is 0.301. The van der Waals surface area contributed by atoms with Gasteiger partial charge in [0.2, 0.25) is 0 Å². The van der Waals surface area contributed by atoms with Crippen molar-refractivity contribution in [3.8, 4) is 0 Å². The van der Waals surface area contributed by atoms with Crippen molar-refractivity contribution in [2.24, 2.45) is 0 Å². The van der Waals surface area contributed by atoms with Crippen LogP contribution < -0.4 is 11.0 Å². The predicted molar refractivity (Wildman–Crippen MR) is 72.0 cm³/mol. The van der Waals surface area contributed by atoms with E-state index in [4.69, 9.17) is 14.5 Å². The molecular weight excluding hydrogens is 321 g/mol. The molecule has 1 aromatic rings. The first-order chi connectivity index (χ1) is 10.3. The molecule has 124 valence electrons. The maximum atomic E-state index is 11.9. The number of hydrogen-bond acceptors (Lipinski definition) is 8. The van der Waals surface area contributed by atoms with Gasteiger partial charge in [-0.25, -0.2) is 9.36 Å². The fraction of sp³-hybridized carbons (Fsp3) is 0.600. The molecule has 0 radical (unpaired) electrons. The van der Waals surface area contributed by atoms with E-state index < -0.39 is 44.7 Å². The van der Waals surface area contributed by atoms with Crippen molar-refractivity contribution in [3.63, 3.8) is 0 Å². The lowest BCUT2D eigenvalue weighted by Crippen LogP contribution is -2.37. The van der Waals surface area contributed by atoms with Gasteiger partial charge >= 0.3 is 13.5 Å². The normalized spacial score (nSPS) is 28.8. The number of phosphoric ester groups is 1. The Morgan fingerprint density at radius 1 is 1.55 bits per heavy atom. The van der Waals surface area contributed by atoms with Crippen molar-refractivity contribution in [2.45, 2.75) is 24.5 Å². The second-order valence-corrected chi connectivity index (χ2v) is 5.74. The van der Waals surface area contributed by atoms with E-state index >= 15 is 0 Å². The highest BCUT2D eigenvalue weighted by atomic mass is 31.2. The van der Waals surface area contributed by atoms with E-state index in [1.165, 1.54) is 12.3 Å². The van der Waals surface area contributed by atoms with Crippen molar-refractivity contribution in [1.82, 2.24) is 9.55 Å². The molecule has 1 aromatic heterocycles. The summed E-state index contributed by atoms with van der Waals surface area (Å²) in [6.45, 7) is -0.658. The number of ether oxygens (including phenoxy) is 1. The molecule has 0 bridgehead atoms. The molecule has 0 spiro atoms. The second-order valence-electron chi connectivity index (χ2n) is 4.55. The Morgan fingerprint density at radius 3 is 2.73 bits per heavy atom. The molecule has 1 aliphatic rings. The molecule has 0 aromatic carbocycles. The topological polar surface area (TPSA) is 163 Å². The smallest absolute Gasteiger partial charge is 0.394 e. The van der Waals surface area contributed by atoms with Crippen LogP contribution in [0.3, 0.4) is 0 Å². The van der Waals surface area contributed by atoms with Crippen molar-refractivity contribution in [2.75, 3.05) is 19.0 Å². The first-order valence-corrected chi connectivity index (χ1v) is 7.75. The van der Waals surface area contributed by atoms with E-state index in [0.29, 0.717) is 5.82 Å². The van der Waals surface area contributed by atoms with E-state index in [2.05, 4.69) is 14.8 Å². The summed E-state index contributed by atoms with van der Waals surface area (Å²) in [5, 5.41) is 22.0. The molecule has 1 fully saturated rings. The Bertz CT molecular complexity index is 631. The third-order valence-corrected chi connectivity index (χ3v) is 3.63. The molecule has 12 heteroatoms. The Balaban J connectivity index is 2.30. The van der Waals surface area contributed by atoms with Crippen LogP contribution in [0.4, 0.5) is 5.82 Å². The van der Waals surface area contributed by atoms with Crippen LogP contribution in [0.15, 0.2) is 17.1 Å². The van der Waals surface area contributed by atoms with Gasteiger partial charge in [0.15, 0.2) is 6.23 Å². The third-order valence-electron chi connectivity index (χ3n) is 3.11. The molecule has 5 N–H and O–H groups in total. The third kappa shape index (κ3) is 3.52. The fourth-order valence-corrected chi connectivity index (χ4v) is 2.71. The lowest BCUT2D eigenvalue weighted by Gasteiger charge is -2.20. The average molecular weight is 337 g/mol. The molecule has 0 aliphatic carbocycles. The minimum Gasteiger partial charge on any atom is -0.394 e. The number of anilines is 1. The lowest BCUT2D eigenvalue weighted by atomic mass is 10.1. The SMILES string of the molecule is CNc1ccn([C@@H]2O[C@H](CO)[C@@H](OP(=O)(O)O)[C@H]2O)c(=O)n1. The Labute approximate surface area is 124 Å². The molecule has 22 heavy (non-hydrogen) atoms. The molecule has 1 aliphatic heterocycles. The van der Waals surface area contributed by atoms with Crippen LogP contribution in [0.2, 0.25) is 0 Å². The molecule has 0 saturated carbocycles. The second kappa shape index (κ2) is 6.42. The van der Waals surface area contributed by atoms with Crippen LogP contribution in [0.1, 0.15) is 6.23 Å². The summed E-state index contributed by atoms with van der Waals surface area (Å²) in [5.74, 6) is 0.301. The van der Waals surface area contributed by atoms with Crippen molar-refractivity contribution in [3.05, 3.63) is 22.7 Å². The number of nitrogens with one attached hydrogen (secondary N) is 1. The van der Waals surface area contributed by atoms with Gasteiger partial charge in [0, 0.05) is 13.2 Å². The zero-order chi connectivity index (χ0) is 16.5. The molecule has 11 nitrogen and oxygen atoms in total. The van der Waals surface area contributed by atoms with Crippen molar-refractivity contribution in [1.29, 1.82) is 0 Å². The van der Waals surface area contributed by atoms with Crippen LogP contribution in [0.5, 0.6) is 0 Å². The maximum Gasteiger partial charge on any atom is 0.470 e. The average Bonchev–Trinajstić information content (AvgIpc) is 2.74. The zero-order valence-corrected chi connectivity index (χ0v) is 12.3. The summed E-state index contributed by atoms with van der Waals surface area (Å²) in [5.41, 5.74) is -0.746. The molecular formula is C10H16N3O8P. The summed E-state index contributed by atoms with van der Waals surface area (Å²) in [4.78, 5) is 33.2. The quantitative estimate of drug-likeness (QED) is 0.380. The predicted octanol–water partition coefficient (Wildman–Crippen LogP) is -1.99. The van der Waals surface area contributed by atoms with Crippen LogP contribution in [-0.2, 0) is 13.8 Å². The monoisotopic (exact) mass is 337 g/mol. The number of phosphoric acid groups is 1. The van der Waals surface area contributed by atoms with E-state index in [0.717, 1.165) is 4.57 Å². The lowest BCUT2D eigenvalue weighted by molar-refractivity contribution is -0.0548. The van der Waals surface area contributed by atoms with Crippen molar-refractivity contribution < 1.29 is 33.8 Å². The number of aliphatic hydroxyl groups excluding tert-OH is 2. The van der Waals surface area contributed by atoms with Crippen LogP contribution >= 0.6 is 7.82 Å². The van der Waals surface area contributed by atoms with Crippen LogP contribution in [0.25, 0.3) is 0 Å². The number of nitrogens with zero attached hydrogens (tertiary/aromatic N) is 2. The van der Waals surface area contributed by atoms with E-state index in [-0.39, 0.29) is 0 Å². The van der Waals surface area contributed by atoms with Gasteiger partial charge in [-0.1, -0.05) is 0 Å². The van der Waals surface area contributed by atoms with Gasteiger partial charge in [-0.2, -0.15) is 4.98 Å². The van der Waals surface area contributed by atoms with Gasteiger partial charge in [-0.3, -0.25) is 9.09 Å². The summed E-state index contributed by atoms with van der Waals surface area (Å²) in [6.07, 6.45) is -4.27. The first-order valence-electron chi connectivity index (χ1n) is 6.22. The van der Waals surface area contributed by atoms with E-state index in [9.17, 15) is 19.6 Å². The standard InChI is InChI=1S/C10H16N3O8P/c1-11-6-2-3-13(10(16)12-6)9-7(15)8(5(4-14)20-9)21-22(17,18)19/h2-3,5,7-9,14-15H,4H2,1H3,(H,11,12,16)(H2,17,18,19)/t5-,7-,8-,9-/m1/s1. The summed E-state index contributed by atoms with van der Waals surface area (Å²) >= 11 is 0. The number of aromatic nitrogens is 2. The highest BCUT2D eigenvalue weighted by Gasteiger charge is 2.48. The summed E-state index contributed by atoms with van der Waals surface area (Å²) in [7, 11) is -3.34. The van der Waals surface area contributed by atoms with Crippen LogP contribution in [0, 0.1) is 0 Å². The highest BCUT2D eigenvalue weighted by Crippen LogP contribution is 2.43. The van der Waals surface area contributed by atoms with Gasteiger partial charge in [-0.05, 0) is 6.07 Å². The largest absolute Gasteiger partial charge is 0.470 e. The molecule has 2 rings (SSSR count). The van der Waals surface area contributed by atoms with E-state index in [1.807, 2.05) is 0 Å². The Hall–Kier alpha value is -1.33. The molecule has 0 unspecified atom stereocenters. The number of aliphatic hydroxyl groups is 2. The van der Waals surface area contributed by atoms with E-state index in [1.54, 1.807) is 7.05 Å². The van der Waals surface area contributed by atoms with Gasteiger partial charge in [-0.15, -0.1) is 0 Å². The van der Waals surface area contributed by atoms with Crippen molar-refractivity contribution >= 4 is 13.6 Å². The van der Waals surface area contributed by atoms with Gasteiger partial charge in [0.05, 0.1) is 6.61 Å². The molecule has 2 heterocycles. The molecule has 4 atom stereocenters. The summed E-state index contributed by atoms with van der Waals surface area (Å²) < 4.78 is 21.6. The van der Waals surface area contributed by atoms with Gasteiger partial charge in [0.25, 0.3) is 0 Å².